The molecule has 2 aliphatic rings. The topological polar surface area (TPSA) is 52.6 Å². The van der Waals surface area contributed by atoms with E-state index in [1.807, 2.05) is 6.92 Å². The molecule has 0 aromatic rings. The SMILES string of the molecule is CC1CCN(C(=O)NCC2(C(C)C)CC2)CC1O. The monoisotopic (exact) mass is 254 g/mol. The van der Waals surface area contributed by atoms with Crippen molar-refractivity contribution in [3.8, 4) is 0 Å². The second-order valence-corrected chi connectivity index (χ2v) is 6.46. The van der Waals surface area contributed by atoms with Crippen molar-refractivity contribution in [1.82, 2.24) is 10.2 Å². The van der Waals surface area contributed by atoms with Gasteiger partial charge in [-0.15, -0.1) is 0 Å². The number of nitrogens with one attached hydrogen (secondary N) is 1. The smallest absolute Gasteiger partial charge is 0.317 e. The van der Waals surface area contributed by atoms with Gasteiger partial charge in [0.25, 0.3) is 0 Å². The Morgan fingerprint density at radius 1 is 1.50 bits per heavy atom. The van der Waals surface area contributed by atoms with Gasteiger partial charge < -0.3 is 15.3 Å². The third kappa shape index (κ3) is 2.79. The molecule has 2 unspecified atom stereocenters. The lowest BCUT2D eigenvalue weighted by Gasteiger charge is -2.34. The first kappa shape index (κ1) is 13.7. The van der Waals surface area contributed by atoms with Crippen LogP contribution in [0.5, 0.6) is 0 Å². The predicted molar refractivity (Wildman–Crippen MR) is 71.3 cm³/mol. The Morgan fingerprint density at radius 2 is 2.17 bits per heavy atom. The van der Waals surface area contributed by atoms with Crippen LogP contribution in [0.4, 0.5) is 4.79 Å². The number of β-amino-alcohol motifs (C(OH)–C–C–N with tert-alkyl or cyclic N) is 1. The molecule has 4 nitrogen and oxygen atoms in total. The van der Waals surface area contributed by atoms with Gasteiger partial charge in [-0.3, -0.25) is 0 Å². The van der Waals surface area contributed by atoms with Crippen molar-refractivity contribution in [1.29, 1.82) is 0 Å². The molecule has 1 saturated carbocycles. The van der Waals surface area contributed by atoms with Gasteiger partial charge in [0.1, 0.15) is 0 Å². The van der Waals surface area contributed by atoms with E-state index >= 15 is 0 Å². The van der Waals surface area contributed by atoms with Gasteiger partial charge in [0.2, 0.25) is 0 Å². The number of amides is 2. The zero-order valence-corrected chi connectivity index (χ0v) is 11.8. The van der Waals surface area contributed by atoms with Crippen molar-refractivity contribution < 1.29 is 9.90 Å². The maximum absolute atomic E-state index is 12.1. The molecule has 0 aromatic heterocycles. The van der Waals surface area contributed by atoms with Gasteiger partial charge in [-0.2, -0.15) is 0 Å². The molecule has 1 heterocycles. The van der Waals surface area contributed by atoms with Crippen LogP contribution in [-0.2, 0) is 0 Å². The van der Waals surface area contributed by atoms with Crippen molar-refractivity contribution in [3.05, 3.63) is 0 Å². The van der Waals surface area contributed by atoms with E-state index in [0.717, 1.165) is 19.5 Å². The molecule has 18 heavy (non-hydrogen) atoms. The maximum atomic E-state index is 12.1. The Balaban J connectivity index is 1.79. The van der Waals surface area contributed by atoms with Crippen LogP contribution in [0.3, 0.4) is 0 Å². The highest BCUT2D eigenvalue weighted by Crippen LogP contribution is 2.51. The van der Waals surface area contributed by atoms with Gasteiger partial charge in [-0.1, -0.05) is 20.8 Å². The van der Waals surface area contributed by atoms with Crippen LogP contribution in [0.1, 0.15) is 40.0 Å². The van der Waals surface area contributed by atoms with Crippen LogP contribution in [0.25, 0.3) is 0 Å². The van der Waals surface area contributed by atoms with E-state index in [1.54, 1.807) is 4.90 Å². The average molecular weight is 254 g/mol. The van der Waals surface area contributed by atoms with E-state index < -0.39 is 0 Å². The largest absolute Gasteiger partial charge is 0.391 e. The van der Waals surface area contributed by atoms with Crippen LogP contribution >= 0.6 is 0 Å². The number of aliphatic hydroxyl groups is 1. The lowest BCUT2D eigenvalue weighted by molar-refractivity contribution is 0.0432. The molecule has 4 heteroatoms. The number of rotatable bonds is 3. The van der Waals surface area contributed by atoms with Crippen LogP contribution < -0.4 is 5.32 Å². The molecule has 0 radical (unpaired) electrons. The summed E-state index contributed by atoms with van der Waals surface area (Å²) in [5, 5.41) is 12.9. The minimum absolute atomic E-state index is 0.00660. The second kappa shape index (κ2) is 5.08. The fourth-order valence-electron chi connectivity index (χ4n) is 2.72. The van der Waals surface area contributed by atoms with Crippen LogP contribution in [0.15, 0.2) is 0 Å². The summed E-state index contributed by atoms with van der Waals surface area (Å²) >= 11 is 0. The molecule has 104 valence electrons. The number of carbonyl (C=O) groups excluding carboxylic acids is 1. The van der Waals surface area contributed by atoms with Gasteiger partial charge in [-0.05, 0) is 36.5 Å². The second-order valence-electron chi connectivity index (χ2n) is 6.46. The first-order chi connectivity index (χ1) is 8.44. The highest BCUT2D eigenvalue weighted by molar-refractivity contribution is 5.74. The van der Waals surface area contributed by atoms with E-state index in [1.165, 1.54) is 12.8 Å². The first-order valence-corrected chi connectivity index (χ1v) is 7.15. The fourth-order valence-corrected chi connectivity index (χ4v) is 2.72. The summed E-state index contributed by atoms with van der Waals surface area (Å²) in [4.78, 5) is 13.8. The molecule has 2 amide bonds. The Labute approximate surface area is 110 Å². The summed E-state index contributed by atoms with van der Waals surface area (Å²) in [5.74, 6) is 0.934. The van der Waals surface area contributed by atoms with E-state index in [4.69, 9.17) is 0 Å². The minimum atomic E-state index is -0.371. The number of nitrogens with zero attached hydrogens (tertiary/aromatic N) is 1. The predicted octanol–water partition coefficient (Wildman–Crippen LogP) is 1.83. The summed E-state index contributed by atoms with van der Waals surface area (Å²) in [5.41, 5.74) is 0.345. The summed E-state index contributed by atoms with van der Waals surface area (Å²) in [6, 6.07) is -0.00660. The van der Waals surface area contributed by atoms with Gasteiger partial charge in [-0.25, -0.2) is 4.79 Å². The number of likely N-dealkylation sites (tertiary alicyclic amines) is 1. The third-order valence-corrected chi connectivity index (χ3v) is 4.91. The Hall–Kier alpha value is -0.770. The molecule has 1 aliphatic carbocycles. The molecule has 1 saturated heterocycles. The Morgan fingerprint density at radius 3 is 2.67 bits per heavy atom. The van der Waals surface area contributed by atoms with Crippen molar-refractivity contribution in [2.24, 2.45) is 17.3 Å². The summed E-state index contributed by atoms with van der Waals surface area (Å²) in [6.45, 7) is 8.51. The lowest BCUT2D eigenvalue weighted by atomic mass is 9.92. The molecule has 2 rings (SSSR count). The third-order valence-electron chi connectivity index (χ3n) is 4.91. The molecule has 1 aliphatic heterocycles. The normalized spacial score (nSPS) is 30.4. The molecule has 0 aromatic carbocycles. The van der Waals surface area contributed by atoms with E-state index in [9.17, 15) is 9.90 Å². The van der Waals surface area contributed by atoms with Crippen LogP contribution in [0, 0.1) is 17.3 Å². The molecule has 2 fully saturated rings. The Kier molecular flexibility index (Phi) is 3.85. The number of piperidine rings is 1. The molecule has 0 bridgehead atoms. The summed E-state index contributed by atoms with van der Waals surface area (Å²) in [6.07, 6.45) is 2.98. The highest BCUT2D eigenvalue weighted by Gasteiger charge is 2.45. The van der Waals surface area contributed by atoms with Crippen molar-refractivity contribution in [2.45, 2.75) is 46.1 Å². The summed E-state index contributed by atoms with van der Waals surface area (Å²) in [7, 11) is 0. The van der Waals surface area contributed by atoms with E-state index in [-0.39, 0.29) is 12.1 Å². The van der Waals surface area contributed by atoms with Crippen LogP contribution in [-0.4, -0.2) is 41.8 Å². The van der Waals surface area contributed by atoms with Gasteiger partial charge >= 0.3 is 6.03 Å². The minimum Gasteiger partial charge on any atom is -0.391 e. The van der Waals surface area contributed by atoms with Gasteiger partial charge in [0.05, 0.1) is 6.10 Å². The summed E-state index contributed by atoms with van der Waals surface area (Å²) < 4.78 is 0. The van der Waals surface area contributed by atoms with E-state index in [2.05, 4.69) is 19.2 Å². The maximum Gasteiger partial charge on any atom is 0.317 e. The number of hydrogen-bond acceptors (Lipinski definition) is 2. The molecule has 2 N–H and O–H groups in total. The van der Waals surface area contributed by atoms with Gasteiger partial charge in [0, 0.05) is 19.6 Å². The van der Waals surface area contributed by atoms with Crippen molar-refractivity contribution in [2.75, 3.05) is 19.6 Å². The molecule has 2 atom stereocenters. The fraction of sp³-hybridized carbons (Fsp3) is 0.929. The Bertz CT molecular complexity index is 313. The number of aliphatic hydroxyl groups excluding tert-OH is 1. The zero-order chi connectivity index (χ0) is 13.3. The molecule has 0 spiro atoms. The number of carbonyl (C=O) groups is 1. The van der Waals surface area contributed by atoms with Gasteiger partial charge in [0.15, 0.2) is 0 Å². The van der Waals surface area contributed by atoms with Crippen LogP contribution in [0.2, 0.25) is 0 Å². The van der Waals surface area contributed by atoms with Crippen molar-refractivity contribution >= 4 is 6.03 Å². The quantitative estimate of drug-likeness (QED) is 0.807. The first-order valence-electron chi connectivity index (χ1n) is 7.15. The molecular weight excluding hydrogens is 228 g/mol. The average Bonchev–Trinajstić information content (AvgIpc) is 3.11. The lowest BCUT2D eigenvalue weighted by Crippen LogP contribution is -2.50. The zero-order valence-electron chi connectivity index (χ0n) is 11.8. The standard InChI is InChI=1S/C14H26N2O2/c1-10(2)14(5-6-14)9-15-13(18)16-7-4-11(3)12(17)8-16/h10-12,17H,4-9H2,1-3H3,(H,15,18). The van der Waals surface area contributed by atoms with E-state index in [0.29, 0.717) is 23.8 Å². The molecular formula is C14H26N2O2. The number of urea groups is 1. The number of hydrogen-bond donors (Lipinski definition) is 2. The van der Waals surface area contributed by atoms with Crippen molar-refractivity contribution in [3.63, 3.8) is 0 Å². The highest BCUT2D eigenvalue weighted by atomic mass is 16.3.